The summed E-state index contributed by atoms with van der Waals surface area (Å²) in [4.78, 5) is 16.5. The molecule has 1 heterocycles. The lowest BCUT2D eigenvalue weighted by atomic mass is 10.1. The molecule has 130 valence electrons. The van der Waals surface area contributed by atoms with Crippen LogP contribution in [0.3, 0.4) is 0 Å². The van der Waals surface area contributed by atoms with Crippen LogP contribution in [0.2, 0.25) is 0 Å². The Morgan fingerprint density at radius 2 is 1.83 bits per heavy atom. The number of ether oxygens (including phenoxy) is 3. The lowest BCUT2D eigenvalue weighted by Crippen LogP contribution is -2.27. The molecule has 0 aliphatic carbocycles. The fraction of sp³-hybridized carbons (Fsp3) is 0.412. The number of methoxy groups -OCH3 is 3. The topological polar surface area (TPSA) is 69.7 Å². The molecule has 1 N–H and O–H groups in total. The van der Waals surface area contributed by atoms with Crippen molar-refractivity contribution in [1.29, 1.82) is 0 Å². The van der Waals surface area contributed by atoms with Gasteiger partial charge in [0.15, 0.2) is 11.5 Å². The van der Waals surface area contributed by atoms with E-state index in [9.17, 15) is 4.79 Å². The van der Waals surface area contributed by atoms with E-state index in [1.54, 1.807) is 44.8 Å². The molecular formula is C17H22N2O4S. The minimum Gasteiger partial charge on any atom is -0.493 e. The average Bonchev–Trinajstić information content (AvgIpc) is 2.99. The summed E-state index contributed by atoms with van der Waals surface area (Å²) in [6.45, 7) is 2.53. The van der Waals surface area contributed by atoms with Crippen LogP contribution in [0.15, 0.2) is 17.5 Å². The van der Waals surface area contributed by atoms with Crippen molar-refractivity contribution in [3.63, 3.8) is 0 Å². The van der Waals surface area contributed by atoms with Crippen LogP contribution in [0.1, 0.15) is 16.3 Å². The van der Waals surface area contributed by atoms with Crippen molar-refractivity contribution >= 4 is 17.2 Å². The molecule has 0 aliphatic rings. The predicted octanol–water partition coefficient (Wildman–Crippen LogP) is 2.38. The van der Waals surface area contributed by atoms with E-state index < -0.39 is 0 Å². The molecule has 7 heteroatoms. The maximum absolute atomic E-state index is 12.1. The first-order valence-corrected chi connectivity index (χ1v) is 8.42. The maximum atomic E-state index is 12.1. The quantitative estimate of drug-likeness (QED) is 0.791. The Balaban J connectivity index is 1.95. The number of thiazole rings is 1. The molecule has 1 aromatic heterocycles. The number of hydrogen-bond acceptors (Lipinski definition) is 6. The number of nitrogens with zero attached hydrogens (tertiary/aromatic N) is 1. The van der Waals surface area contributed by atoms with Gasteiger partial charge in [-0.3, -0.25) is 4.79 Å². The molecule has 0 unspecified atom stereocenters. The molecule has 0 fully saturated rings. The normalized spacial score (nSPS) is 10.3. The molecule has 0 aliphatic heterocycles. The first-order chi connectivity index (χ1) is 11.6. The van der Waals surface area contributed by atoms with Gasteiger partial charge in [0.2, 0.25) is 11.7 Å². The summed E-state index contributed by atoms with van der Waals surface area (Å²) < 4.78 is 15.9. The van der Waals surface area contributed by atoms with Crippen LogP contribution in [0, 0.1) is 6.92 Å². The molecule has 24 heavy (non-hydrogen) atoms. The Morgan fingerprint density at radius 1 is 1.17 bits per heavy atom. The molecule has 0 bridgehead atoms. The Morgan fingerprint density at radius 3 is 2.33 bits per heavy atom. The summed E-state index contributed by atoms with van der Waals surface area (Å²) in [6, 6.07) is 3.56. The number of aromatic nitrogens is 1. The number of nitrogens with one attached hydrogen (secondary N) is 1. The molecule has 0 saturated heterocycles. The Kier molecular flexibility index (Phi) is 6.43. The van der Waals surface area contributed by atoms with Crippen molar-refractivity contribution in [2.24, 2.45) is 0 Å². The molecule has 2 rings (SSSR count). The van der Waals surface area contributed by atoms with E-state index in [0.29, 0.717) is 23.8 Å². The van der Waals surface area contributed by atoms with Crippen LogP contribution in [-0.2, 0) is 17.6 Å². The number of benzene rings is 1. The fourth-order valence-electron chi connectivity index (χ4n) is 2.34. The van der Waals surface area contributed by atoms with Gasteiger partial charge >= 0.3 is 0 Å². The lowest BCUT2D eigenvalue weighted by Gasteiger charge is -2.14. The summed E-state index contributed by atoms with van der Waals surface area (Å²) in [6.07, 6.45) is 0.970. The van der Waals surface area contributed by atoms with Crippen LogP contribution in [-0.4, -0.2) is 38.8 Å². The van der Waals surface area contributed by atoms with Gasteiger partial charge in [0.05, 0.1) is 38.5 Å². The molecule has 1 aromatic carbocycles. The van der Waals surface area contributed by atoms with Crippen molar-refractivity contribution in [1.82, 2.24) is 10.3 Å². The number of aryl methyl sites for hydroxylation is 1. The zero-order valence-corrected chi connectivity index (χ0v) is 15.2. The van der Waals surface area contributed by atoms with Gasteiger partial charge in [-0.05, 0) is 24.6 Å². The van der Waals surface area contributed by atoms with Crippen LogP contribution >= 0.6 is 11.3 Å². The standard InChI is InChI=1S/C17H22N2O4S/c1-11-19-13(10-24-11)5-6-18-16(20)9-12-7-14(21-2)17(23-4)15(8-12)22-3/h7-8,10H,5-6,9H2,1-4H3,(H,18,20). The van der Waals surface area contributed by atoms with Gasteiger partial charge in [0.25, 0.3) is 0 Å². The highest BCUT2D eigenvalue weighted by molar-refractivity contribution is 7.09. The highest BCUT2D eigenvalue weighted by Crippen LogP contribution is 2.38. The molecular weight excluding hydrogens is 328 g/mol. The monoisotopic (exact) mass is 350 g/mol. The lowest BCUT2D eigenvalue weighted by molar-refractivity contribution is -0.120. The van der Waals surface area contributed by atoms with Crippen molar-refractivity contribution in [2.75, 3.05) is 27.9 Å². The highest BCUT2D eigenvalue weighted by Gasteiger charge is 2.14. The number of rotatable bonds is 8. The molecule has 1 amide bonds. The van der Waals surface area contributed by atoms with E-state index in [4.69, 9.17) is 14.2 Å². The summed E-state index contributed by atoms with van der Waals surface area (Å²) in [5, 5.41) is 5.96. The zero-order valence-electron chi connectivity index (χ0n) is 14.3. The molecule has 0 saturated carbocycles. The second-order valence-corrected chi connectivity index (χ2v) is 6.23. The highest BCUT2D eigenvalue weighted by atomic mass is 32.1. The first kappa shape index (κ1) is 18.1. The van der Waals surface area contributed by atoms with Gasteiger partial charge in [0.1, 0.15) is 0 Å². The third-order valence-electron chi connectivity index (χ3n) is 3.46. The molecule has 6 nitrogen and oxygen atoms in total. The minimum absolute atomic E-state index is 0.0591. The molecule has 0 radical (unpaired) electrons. The summed E-state index contributed by atoms with van der Waals surface area (Å²) >= 11 is 1.61. The smallest absolute Gasteiger partial charge is 0.224 e. The molecule has 2 aromatic rings. The maximum Gasteiger partial charge on any atom is 0.224 e. The third kappa shape index (κ3) is 4.61. The van der Waals surface area contributed by atoms with E-state index >= 15 is 0 Å². The molecule has 0 atom stereocenters. The number of carbonyl (C=O) groups is 1. The van der Waals surface area contributed by atoms with Crippen LogP contribution in [0.4, 0.5) is 0 Å². The largest absolute Gasteiger partial charge is 0.493 e. The molecule has 0 spiro atoms. The summed E-state index contributed by atoms with van der Waals surface area (Å²) in [7, 11) is 4.65. The fourth-order valence-corrected chi connectivity index (χ4v) is 2.99. The summed E-state index contributed by atoms with van der Waals surface area (Å²) in [5.41, 5.74) is 1.80. The van der Waals surface area contributed by atoms with Gasteiger partial charge < -0.3 is 19.5 Å². The minimum atomic E-state index is -0.0591. The Bertz CT molecular complexity index is 675. The van der Waals surface area contributed by atoms with E-state index in [1.807, 2.05) is 12.3 Å². The van der Waals surface area contributed by atoms with Crippen LogP contribution < -0.4 is 19.5 Å². The Labute approximate surface area is 145 Å². The zero-order chi connectivity index (χ0) is 17.5. The second-order valence-electron chi connectivity index (χ2n) is 5.17. The van der Waals surface area contributed by atoms with E-state index in [0.717, 1.165) is 22.7 Å². The third-order valence-corrected chi connectivity index (χ3v) is 4.28. The number of carbonyl (C=O) groups excluding carboxylic acids is 1. The van der Waals surface area contributed by atoms with Crippen molar-refractivity contribution in [3.8, 4) is 17.2 Å². The predicted molar refractivity (Wildman–Crippen MR) is 93.4 cm³/mol. The van der Waals surface area contributed by atoms with Crippen LogP contribution in [0.25, 0.3) is 0 Å². The summed E-state index contributed by atoms with van der Waals surface area (Å²) in [5.74, 6) is 1.54. The SMILES string of the molecule is COc1cc(CC(=O)NCCc2csc(C)n2)cc(OC)c1OC. The van der Waals surface area contributed by atoms with Crippen molar-refractivity contribution in [2.45, 2.75) is 19.8 Å². The van der Waals surface area contributed by atoms with Crippen LogP contribution in [0.5, 0.6) is 17.2 Å². The first-order valence-electron chi connectivity index (χ1n) is 7.54. The van der Waals surface area contributed by atoms with Gasteiger partial charge in [-0.25, -0.2) is 4.98 Å². The van der Waals surface area contributed by atoms with E-state index in [1.165, 1.54) is 0 Å². The van der Waals surface area contributed by atoms with Crippen molar-refractivity contribution < 1.29 is 19.0 Å². The second kappa shape index (κ2) is 8.54. The van der Waals surface area contributed by atoms with E-state index in [2.05, 4.69) is 10.3 Å². The van der Waals surface area contributed by atoms with Gasteiger partial charge in [-0.2, -0.15) is 0 Å². The van der Waals surface area contributed by atoms with Crippen molar-refractivity contribution in [3.05, 3.63) is 33.8 Å². The van der Waals surface area contributed by atoms with Gasteiger partial charge in [0, 0.05) is 18.3 Å². The van der Waals surface area contributed by atoms with Gasteiger partial charge in [-0.1, -0.05) is 0 Å². The Hall–Kier alpha value is -2.28. The average molecular weight is 350 g/mol. The van der Waals surface area contributed by atoms with E-state index in [-0.39, 0.29) is 12.3 Å². The van der Waals surface area contributed by atoms with Gasteiger partial charge in [-0.15, -0.1) is 11.3 Å². The number of hydrogen-bond donors (Lipinski definition) is 1. The number of amides is 1.